The summed E-state index contributed by atoms with van der Waals surface area (Å²) in [6.07, 6.45) is 23.9. The molecule has 0 aliphatic heterocycles. The molecule has 1 atom stereocenters. The van der Waals surface area contributed by atoms with Gasteiger partial charge in [0, 0.05) is 0 Å². The van der Waals surface area contributed by atoms with Crippen LogP contribution in [0.2, 0.25) is 0 Å². The van der Waals surface area contributed by atoms with Crippen LogP contribution in [0.25, 0.3) is 0 Å². The van der Waals surface area contributed by atoms with Gasteiger partial charge in [0.2, 0.25) is 0 Å². The summed E-state index contributed by atoms with van der Waals surface area (Å²) >= 11 is 0. The highest BCUT2D eigenvalue weighted by molar-refractivity contribution is 6.07. The lowest BCUT2D eigenvalue weighted by Crippen LogP contribution is -2.42. The molecule has 188 valence electrons. The second kappa shape index (κ2) is 18.7. The molecule has 1 N–H and O–H groups in total. The van der Waals surface area contributed by atoms with Crippen molar-refractivity contribution in [3.05, 3.63) is 35.9 Å². The van der Waals surface area contributed by atoms with Gasteiger partial charge in [0.05, 0.1) is 0 Å². The topological polar surface area (TPSA) is 54.4 Å². The molecule has 1 unspecified atom stereocenters. The summed E-state index contributed by atoms with van der Waals surface area (Å²) in [7, 11) is 0. The molecule has 33 heavy (non-hydrogen) atoms. The summed E-state index contributed by atoms with van der Waals surface area (Å²) in [6.45, 7) is 3.69. The van der Waals surface area contributed by atoms with Gasteiger partial charge in [0.25, 0.3) is 0 Å². The normalized spacial score (nSPS) is 13.0. The second-order valence-corrected chi connectivity index (χ2v) is 9.89. The highest BCUT2D eigenvalue weighted by Gasteiger charge is 2.44. The zero-order chi connectivity index (χ0) is 24.2. The van der Waals surface area contributed by atoms with Crippen LogP contribution < -0.4 is 0 Å². The SMILES string of the molecule is CCCCCCCCCCCCCCCCCCCCC(C(C)=O)(C(=O)O)c1ccccc1. The van der Waals surface area contributed by atoms with Crippen LogP contribution in [-0.4, -0.2) is 16.9 Å². The smallest absolute Gasteiger partial charge is 0.321 e. The van der Waals surface area contributed by atoms with E-state index in [0.29, 0.717) is 12.0 Å². The molecule has 1 rings (SSSR count). The Morgan fingerprint density at radius 1 is 0.636 bits per heavy atom. The fourth-order valence-electron chi connectivity index (χ4n) is 4.92. The number of carbonyl (C=O) groups excluding carboxylic acids is 1. The standard InChI is InChI=1S/C30H50O3/c1-3-4-5-6-7-8-9-10-11-12-13-14-15-16-17-18-19-23-26-30(27(2)31,29(32)33)28-24-21-20-22-25-28/h20-22,24-25H,3-19,23,26H2,1-2H3,(H,32,33). The lowest BCUT2D eigenvalue weighted by Gasteiger charge is -2.27. The molecule has 0 heterocycles. The van der Waals surface area contributed by atoms with Crippen LogP contribution >= 0.6 is 0 Å². The second-order valence-electron chi connectivity index (χ2n) is 9.89. The first-order valence-corrected chi connectivity index (χ1v) is 13.9. The maximum Gasteiger partial charge on any atom is 0.321 e. The van der Waals surface area contributed by atoms with Gasteiger partial charge in [0.1, 0.15) is 0 Å². The van der Waals surface area contributed by atoms with Crippen molar-refractivity contribution in [1.29, 1.82) is 0 Å². The monoisotopic (exact) mass is 458 g/mol. The lowest BCUT2D eigenvalue weighted by molar-refractivity contribution is -0.148. The van der Waals surface area contributed by atoms with E-state index in [4.69, 9.17) is 0 Å². The van der Waals surface area contributed by atoms with E-state index in [1.807, 2.05) is 18.2 Å². The van der Waals surface area contributed by atoms with Crippen molar-refractivity contribution in [3.63, 3.8) is 0 Å². The van der Waals surface area contributed by atoms with E-state index in [0.717, 1.165) is 19.3 Å². The first-order chi connectivity index (χ1) is 16.1. The number of carboxylic acid groups (broad SMARTS) is 1. The summed E-state index contributed by atoms with van der Waals surface area (Å²) in [5.41, 5.74) is -0.784. The maximum atomic E-state index is 12.3. The number of aliphatic carboxylic acids is 1. The Kier molecular flexibility index (Phi) is 16.7. The first-order valence-electron chi connectivity index (χ1n) is 13.9. The third-order valence-electron chi connectivity index (χ3n) is 7.14. The molecule has 0 saturated heterocycles. The van der Waals surface area contributed by atoms with Crippen molar-refractivity contribution in [3.8, 4) is 0 Å². The third-order valence-corrected chi connectivity index (χ3v) is 7.14. The number of unbranched alkanes of at least 4 members (excludes halogenated alkanes) is 17. The van der Waals surface area contributed by atoms with Crippen LogP contribution in [0, 0.1) is 0 Å². The van der Waals surface area contributed by atoms with Gasteiger partial charge < -0.3 is 5.11 Å². The Morgan fingerprint density at radius 3 is 1.33 bits per heavy atom. The molecule has 0 saturated carbocycles. The van der Waals surface area contributed by atoms with Crippen molar-refractivity contribution in [1.82, 2.24) is 0 Å². The van der Waals surface area contributed by atoms with Crippen LogP contribution in [-0.2, 0) is 15.0 Å². The molecule has 0 fully saturated rings. The third kappa shape index (κ3) is 11.9. The molecule has 1 aromatic carbocycles. The quantitative estimate of drug-likeness (QED) is 0.139. The minimum Gasteiger partial charge on any atom is -0.480 e. The maximum absolute atomic E-state index is 12.3. The molecule has 0 bridgehead atoms. The summed E-state index contributed by atoms with van der Waals surface area (Å²) in [6, 6.07) is 9.01. The lowest BCUT2D eigenvalue weighted by atomic mass is 9.73. The fourth-order valence-corrected chi connectivity index (χ4v) is 4.92. The zero-order valence-corrected chi connectivity index (χ0v) is 21.6. The van der Waals surface area contributed by atoms with Crippen molar-refractivity contribution >= 4 is 11.8 Å². The van der Waals surface area contributed by atoms with Gasteiger partial charge in [-0.15, -0.1) is 0 Å². The molecule has 1 aromatic rings. The molecule has 0 radical (unpaired) electrons. The number of hydrogen-bond acceptors (Lipinski definition) is 2. The van der Waals surface area contributed by atoms with Crippen LogP contribution in [0.3, 0.4) is 0 Å². The summed E-state index contributed by atoms with van der Waals surface area (Å²) < 4.78 is 0. The van der Waals surface area contributed by atoms with Crippen molar-refractivity contribution in [2.24, 2.45) is 0 Å². The van der Waals surface area contributed by atoms with Crippen molar-refractivity contribution in [2.75, 3.05) is 0 Å². The average molecular weight is 459 g/mol. The molecule has 3 heteroatoms. The number of benzene rings is 1. The largest absolute Gasteiger partial charge is 0.480 e. The Morgan fingerprint density at radius 2 is 1.00 bits per heavy atom. The number of hydrogen-bond donors (Lipinski definition) is 1. The van der Waals surface area contributed by atoms with Gasteiger partial charge in [-0.25, -0.2) is 0 Å². The van der Waals surface area contributed by atoms with Gasteiger partial charge in [-0.05, 0) is 18.9 Å². The highest BCUT2D eigenvalue weighted by Crippen LogP contribution is 2.32. The van der Waals surface area contributed by atoms with Crippen molar-refractivity contribution < 1.29 is 14.7 Å². The van der Waals surface area contributed by atoms with E-state index in [1.165, 1.54) is 103 Å². The van der Waals surface area contributed by atoms with Crippen LogP contribution in [0.1, 0.15) is 141 Å². The first kappa shape index (κ1) is 29.4. The average Bonchev–Trinajstić information content (AvgIpc) is 2.81. The minimum absolute atomic E-state index is 0.270. The van der Waals surface area contributed by atoms with E-state index < -0.39 is 11.4 Å². The number of carboxylic acids is 1. The Balaban J connectivity index is 2.04. The Bertz CT molecular complexity index is 609. The fraction of sp³-hybridized carbons (Fsp3) is 0.733. The summed E-state index contributed by atoms with van der Waals surface area (Å²) in [5, 5.41) is 9.87. The van der Waals surface area contributed by atoms with E-state index in [2.05, 4.69) is 6.92 Å². The number of ketones is 1. The minimum atomic E-state index is -1.39. The number of carbonyl (C=O) groups is 2. The molecule has 0 amide bonds. The predicted octanol–water partition coefficient (Wildman–Crippen LogP) is 9.03. The summed E-state index contributed by atoms with van der Waals surface area (Å²) in [4.78, 5) is 24.4. The van der Waals surface area contributed by atoms with Gasteiger partial charge in [-0.1, -0.05) is 153 Å². The molecule has 0 aromatic heterocycles. The molecular formula is C30H50O3. The van der Waals surface area contributed by atoms with E-state index in [-0.39, 0.29) is 5.78 Å². The van der Waals surface area contributed by atoms with E-state index in [1.54, 1.807) is 12.1 Å². The van der Waals surface area contributed by atoms with Crippen LogP contribution in [0.5, 0.6) is 0 Å². The molecule has 0 spiro atoms. The molecule has 0 aliphatic carbocycles. The Labute approximate surface area is 203 Å². The zero-order valence-electron chi connectivity index (χ0n) is 21.6. The van der Waals surface area contributed by atoms with Gasteiger partial charge in [-0.3, -0.25) is 9.59 Å². The van der Waals surface area contributed by atoms with Crippen LogP contribution in [0.15, 0.2) is 30.3 Å². The number of rotatable bonds is 22. The van der Waals surface area contributed by atoms with Crippen LogP contribution in [0.4, 0.5) is 0 Å². The Hall–Kier alpha value is -1.64. The summed E-state index contributed by atoms with van der Waals surface area (Å²) in [5.74, 6) is -1.29. The van der Waals surface area contributed by atoms with Gasteiger partial charge >= 0.3 is 5.97 Å². The van der Waals surface area contributed by atoms with Crippen molar-refractivity contribution in [2.45, 2.75) is 141 Å². The number of Topliss-reactive ketones (excluding diaryl/α,β-unsaturated/α-hetero) is 1. The highest BCUT2D eigenvalue weighted by atomic mass is 16.4. The van der Waals surface area contributed by atoms with Gasteiger partial charge in [-0.2, -0.15) is 0 Å². The van der Waals surface area contributed by atoms with Gasteiger partial charge in [0.15, 0.2) is 11.2 Å². The molecule has 3 nitrogen and oxygen atoms in total. The molecule has 0 aliphatic rings. The predicted molar refractivity (Wildman–Crippen MR) is 140 cm³/mol. The van der Waals surface area contributed by atoms with E-state index >= 15 is 0 Å². The molecular weight excluding hydrogens is 408 g/mol. The van der Waals surface area contributed by atoms with E-state index in [9.17, 15) is 14.7 Å².